The van der Waals surface area contributed by atoms with Crippen LogP contribution in [0.2, 0.25) is 0 Å². The molecule has 2 N–H and O–H groups in total. The zero-order valence-electron chi connectivity index (χ0n) is 13.1. The van der Waals surface area contributed by atoms with Crippen molar-refractivity contribution in [2.45, 2.75) is 32.1 Å². The maximum Gasteiger partial charge on any atom is 0.226 e. The largest absolute Gasteiger partial charge is 0.361 e. The van der Waals surface area contributed by atoms with E-state index >= 15 is 0 Å². The van der Waals surface area contributed by atoms with Crippen molar-refractivity contribution in [1.29, 1.82) is 0 Å². The Hall–Kier alpha value is -2.47. The fraction of sp³-hybridized carbons (Fsp3) is 0.278. The van der Waals surface area contributed by atoms with Crippen LogP contribution >= 0.6 is 11.3 Å². The van der Waals surface area contributed by atoms with Crippen LogP contribution in [0.15, 0.2) is 30.5 Å². The lowest BCUT2D eigenvalue weighted by Gasteiger charge is -2.05. The van der Waals surface area contributed by atoms with Gasteiger partial charge < -0.3 is 10.3 Å². The van der Waals surface area contributed by atoms with Gasteiger partial charge in [-0.15, -0.1) is 0 Å². The highest BCUT2D eigenvalue weighted by molar-refractivity contribution is 7.17. The van der Waals surface area contributed by atoms with E-state index in [-0.39, 0.29) is 11.7 Å². The maximum absolute atomic E-state index is 12.2. The standard InChI is InChI=1S/C18H17N3O2S/c22-15-7-3-6-14-17(15)24-18(20-14)21-16(23)9-8-11-10-19-13-5-2-1-4-12(11)13/h1-2,4-5,10,19H,3,6-9H2,(H,20,21,23). The Kier molecular flexibility index (Phi) is 3.90. The number of thiazole rings is 1. The molecule has 0 spiro atoms. The van der Waals surface area contributed by atoms with Gasteiger partial charge in [0, 0.05) is 29.9 Å². The van der Waals surface area contributed by atoms with Crippen molar-refractivity contribution in [3.05, 3.63) is 46.6 Å². The highest BCUT2D eigenvalue weighted by Crippen LogP contribution is 2.29. The Bertz CT molecular complexity index is 925. The Morgan fingerprint density at radius 2 is 2.17 bits per heavy atom. The monoisotopic (exact) mass is 339 g/mol. The van der Waals surface area contributed by atoms with Gasteiger partial charge in [0.1, 0.15) is 0 Å². The van der Waals surface area contributed by atoms with E-state index in [2.05, 4.69) is 21.4 Å². The molecule has 2 heterocycles. The molecule has 1 aliphatic rings. The molecule has 1 amide bonds. The van der Waals surface area contributed by atoms with Crippen LogP contribution < -0.4 is 5.32 Å². The van der Waals surface area contributed by atoms with Gasteiger partial charge in [0.25, 0.3) is 0 Å². The van der Waals surface area contributed by atoms with Gasteiger partial charge in [-0.1, -0.05) is 29.5 Å². The van der Waals surface area contributed by atoms with Crippen molar-refractivity contribution in [3.63, 3.8) is 0 Å². The summed E-state index contributed by atoms with van der Waals surface area (Å²) < 4.78 is 0. The van der Waals surface area contributed by atoms with Gasteiger partial charge >= 0.3 is 0 Å². The van der Waals surface area contributed by atoms with Gasteiger partial charge in [-0.3, -0.25) is 9.59 Å². The van der Waals surface area contributed by atoms with E-state index in [1.807, 2.05) is 24.4 Å². The molecular formula is C18H17N3O2S. The summed E-state index contributed by atoms with van der Waals surface area (Å²) in [6.07, 6.45) is 5.27. The summed E-state index contributed by atoms with van der Waals surface area (Å²) in [5.41, 5.74) is 3.05. The molecule has 4 rings (SSSR count). The van der Waals surface area contributed by atoms with E-state index in [0.29, 0.717) is 29.3 Å². The zero-order valence-corrected chi connectivity index (χ0v) is 13.9. The quantitative estimate of drug-likeness (QED) is 0.761. The highest BCUT2D eigenvalue weighted by atomic mass is 32.1. The molecular weight excluding hydrogens is 322 g/mol. The Labute approximate surface area is 143 Å². The predicted molar refractivity (Wildman–Crippen MR) is 94.6 cm³/mol. The number of aromatic nitrogens is 2. The first kappa shape index (κ1) is 15.1. The van der Waals surface area contributed by atoms with Gasteiger partial charge in [-0.05, 0) is 30.9 Å². The van der Waals surface area contributed by atoms with Gasteiger partial charge in [-0.2, -0.15) is 0 Å². The average Bonchev–Trinajstić information content (AvgIpc) is 3.17. The average molecular weight is 339 g/mol. The molecule has 0 radical (unpaired) electrons. The third-order valence-corrected chi connectivity index (χ3v) is 5.36. The van der Waals surface area contributed by atoms with Crippen LogP contribution in [0.25, 0.3) is 10.9 Å². The van der Waals surface area contributed by atoms with E-state index < -0.39 is 0 Å². The number of rotatable bonds is 4. The lowest BCUT2D eigenvalue weighted by atomic mass is 10.0. The number of para-hydroxylation sites is 1. The molecule has 0 fully saturated rings. The zero-order chi connectivity index (χ0) is 16.5. The molecule has 6 heteroatoms. The minimum Gasteiger partial charge on any atom is -0.361 e. The number of carbonyl (C=O) groups is 2. The fourth-order valence-corrected chi connectivity index (χ4v) is 4.09. The van der Waals surface area contributed by atoms with Gasteiger partial charge in [0.05, 0.1) is 10.6 Å². The van der Waals surface area contributed by atoms with E-state index in [9.17, 15) is 9.59 Å². The number of anilines is 1. The number of aromatic amines is 1. The number of nitrogens with one attached hydrogen (secondary N) is 2. The molecule has 122 valence electrons. The normalized spacial score (nSPS) is 13.9. The van der Waals surface area contributed by atoms with Crippen LogP contribution in [0, 0.1) is 0 Å². The van der Waals surface area contributed by atoms with Crippen LogP contribution in [0.5, 0.6) is 0 Å². The number of hydrogen-bond acceptors (Lipinski definition) is 4. The number of nitrogens with zero attached hydrogens (tertiary/aromatic N) is 1. The summed E-state index contributed by atoms with van der Waals surface area (Å²) in [6.45, 7) is 0. The molecule has 5 nitrogen and oxygen atoms in total. The maximum atomic E-state index is 12.2. The molecule has 0 saturated heterocycles. The second-order valence-corrected chi connectivity index (χ2v) is 6.98. The minimum absolute atomic E-state index is 0.0705. The molecule has 1 aromatic carbocycles. The Balaban J connectivity index is 1.41. The summed E-state index contributed by atoms with van der Waals surface area (Å²) in [5.74, 6) is 0.0758. The summed E-state index contributed by atoms with van der Waals surface area (Å²) in [4.78, 5) is 32.4. The smallest absolute Gasteiger partial charge is 0.226 e. The third-order valence-electron chi connectivity index (χ3n) is 4.31. The van der Waals surface area contributed by atoms with Crippen LogP contribution in [0.4, 0.5) is 5.13 Å². The third kappa shape index (κ3) is 2.85. The van der Waals surface area contributed by atoms with Crippen LogP contribution in [0.1, 0.15) is 40.2 Å². The van der Waals surface area contributed by atoms with Crippen molar-refractivity contribution in [3.8, 4) is 0 Å². The van der Waals surface area contributed by atoms with Crippen molar-refractivity contribution in [2.24, 2.45) is 0 Å². The van der Waals surface area contributed by atoms with Crippen LogP contribution in [-0.4, -0.2) is 21.7 Å². The van der Waals surface area contributed by atoms with Gasteiger partial charge in [0.2, 0.25) is 5.91 Å². The second kappa shape index (κ2) is 6.20. The Morgan fingerprint density at radius 3 is 3.04 bits per heavy atom. The molecule has 3 aromatic rings. The van der Waals surface area contributed by atoms with Crippen molar-refractivity contribution in [2.75, 3.05) is 5.32 Å². The fourth-order valence-electron chi connectivity index (χ4n) is 3.09. The number of Topliss-reactive ketones (excluding diaryl/α,β-unsaturated/α-hetero) is 1. The molecule has 0 bridgehead atoms. The molecule has 0 aliphatic heterocycles. The number of amides is 1. The Morgan fingerprint density at radius 1 is 1.29 bits per heavy atom. The number of aryl methyl sites for hydroxylation is 2. The molecule has 1 aliphatic carbocycles. The summed E-state index contributed by atoms with van der Waals surface area (Å²) in [7, 11) is 0. The summed E-state index contributed by atoms with van der Waals surface area (Å²) in [6, 6.07) is 8.06. The van der Waals surface area contributed by atoms with Crippen molar-refractivity contribution >= 4 is 39.1 Å². The van der Waals surface area contributed by atoms with Crippen LogP contribution in [-0.2, 0) is 17.6 Å². The molecule has 0 atom stereocenters. The van der Waals surface area contributed by atoms with Crippen LogP contribution in [0.3, 0.4) is 0 Å². The number of H-pyrrole nitrogens is 1. The van der Waals surface area contributed by atoms with E-state index in [1.54, 1.807) is 0 Å². The van der Waals surface area contributed by atoms with E-state index in [1.165, 1.54) is 11.3 Å². The first-order chi connectivity index (χ1) is 11.7. The number of hydrogen-bond donors (Lipinski definition) is 2. The minimum atomic E-state index is -0.0705. The van der Waals surface area contributed by atoms with Crippen molar-refractivity contribution in [1.82, 2.24) is 9.97 Å². The SMILES string of the molecule is O=C(CCc1c[nH]c2ccccc12)Nc1nc2c(s1)C(=O)CCC2. The number of fused-ring (bicyclic) bond motifs is 2. The second-order valence-electron chi connectivity index (χ2n) is 5.98. The van der Waals surface area contributed by atoms with Gasteiger partial charge in [0.15, 0.2) is 10.9 Å². The van der Waals surface area contributed by atoms with Crippen molar-refractivity contribution < 1.29 is 9.59 Å². The molecule has 0 unspecified atom stereocenters. The first-order valence-electron chi connectivity index (χ1n) is 8.08. The molecule has 24 heavy (non-hydrogen) atoms. The number of benzene rings is 1. The highest BCUT2D eigenvalue weighted by Gasteiger charge is 2.22. The summed E-state index contributed by atoms with van der Waals surface area (Å²) >= 11 is 1.30. The number of carbonyl (C=O) groups excluding carboxylic acids is 2. The molecule has 2 aromatic heterocycles. The molecule has 0 saturated carbocycles. The topological polar surface area (TPSA) is 74.8 Å². The van der Waals surface area contributed by atoms with E-state index in [0.717, 1.165) is 35.0 Å². The van der Waals surface area contributed by atoms with Gasteiger partial charge in [-0.25, -0.2) is 4.98 Å². The predicted octanol–water partition coefficient (Wildman–Crippen LogP) is 3.71. The lowest BCUT2D eigenvalue weighted by Crippen LogP contribution is -2.12. The summed E-state index contributed by atoms with van der Waals surface area (Å²) in [5, 5.41) is 4.53. The van der Waals surface area contributed by atoms with E-state index in [4.69, 9.17) is 0 Å². The number of ketones is 1. The lowest BCUT2D eigenvalue weighted by molar-refractivity contribution is -0.116. The first-order valence-corrected chi connectivity index (χ1v) is 8.90.